The normalized spacial score (nSPS) is 10.6. The number of nitrogens with one attached hydrogen (secondary N) is 1. The summed E-state index contributed by atoms with van der Waals surface area (Å²) in [5, 5.41) is 11.2. The zero-order chi connectivity index (χ0) is 21.6. The van der Waals surface area contributed by atoms with E-state index < -0.39 is 0 Å². The van der Waals surface area contributed by atoms with Gasteiger partial charge in [0.1, 0.15) is 0 Å². The quantitative estimate of drug-likeness (QED) is 0.481. The number of carbonyl (C=O) groups excluding carboxylic acids is 1. The van der Waals surface area contributed by atoms with E-state index in [-0.39, 0.29) is 5.91 Å². The summed E-state index contributed by atoms with van der Waals surface area (Å²) in [4.78, 5) is 14.5. The molecule has 0 aliphatic heterocycles. The minimum atomic E-state index is -0.112. The van der Waals surface area contributed by atoms with Crippen LogP contribution in [0.25, 0.3) is 22.9 Å². The zero-order valence-corrected chi connectivity index (χ0v) is 17.6. The Morgan fingerprint density at radius 2 is 1.45 bits per heavy atom. The summed E-state index contributed by atoms with van der Waals surface area (Å²) in [6, 6.07) is 25.2. The maximum absolute atomic E-state index is 12.4. The third-order valence-corrected chi connectivity index (χ3v) is 5.05. The molecule has 3 aromatic carbocycles. The number of amides is 1. The van der Waals surface area contributed by atoms with Crippen molar-refractivity contribution in [1.29, 1.82) is 0 Å². The minimum absolute atomic E-state index is 0.112. The van der Waals surface area contributed by atoms with E-state index in [0.29, 0.717) is 23.9 Å². The second kappa shape index (κ2) is 9.26. The Kier molecular flexibility index (Phi) is 6.08. The third kappa shape index (κ3) is 4.98. The number of hydrogen-bond donors (Lipinski definition) is 1. The smallest absolute Gasteiger partial charge is 0.251 e. The maximum Gasteiger partial charge on any atom is 0.251 e. The molecule has 31 heavy (non-hydrogen) atoms. The van der Waals surface area contributed by atoms with Crippen molar-refractivity contribution in [1.82, 2.24) is 15.5 Å². The highest BCUT2D eigenvalue weighted by Gasteiger charge is 2.12. The molecule has 1 amide bonds. The topological polar surface area (TPSA) is 71.3 Å². The highest BCUT2D eigenvalue weighted by Crippen LogP contribution is 2.24. The van der Waals surface area contributed by atoms with Gasteiger partial charge in [0.25, 0.3) is 5.91 Å². The lowest BCUT2D eigenvalue weighted by Gasteiger charge is -2.19. The van der Waals surface area contributed by atoms with Crippen LogP contribution in [-0.4, -0.2) is 36.2 Å². The molecule has 4 rings (SSSR count). The van der Waals surface area contributed by atoms with Crippen LogP contribution in [0.2, 0.25) is 0 Å². The Bertz CT molecular complexity index is 1140. The van der Waals surface area contributed by atoms with Crippen molar-refractivity contribution in [3.63, 3.8) is 0 Å². The van der Waals surface area contributed by atoms with E-state index >= 15 is 0 Å². The summed E-state index contributed by atoms with van der Waals surface area (Å²) < 4.78 is 5.80. The van der Waals surface area contributed by atoms with Crippen molar-refractivity contribution in [3.05, 3.63) is 90.0 Å². The fraction of sp³-hybridized carbons (Fsp3) is 0.160. The van der Waals surface area contributed by atoms with Gasteiger partial charge in [-0.25, -0.2) is 0 Å². The molecule has 0 aliphatic rings. The van der Waals surface area contributed by atoms with Gasteiger partial charge in [-0.2, -0.15) is 0 Å². The average Bonchev–Trinajstić information content (AvgIpc) is 3.30. The molecule has 0 atom stereocenters. The summed E-state index contributed by atoms with van der Waals surface area (Å²) in [5.74, 6) is 0.783. The lowest BCUT2D eigenvalue weighted by Crippen LogP contribution is -2.32. The van der Waals surface area contributed by atoms with E-state index in [2.05, 4.69) is 20.4 Å². The maximum atomic E-state index is 12.4. The number of anilines is 1. The predicted octanol–water partition coefficient (Wildman–Crippen LogP) is 4.58. The first kappa shape index (κ1) is 20.3. The summed E-state index contributed by atoms with van der Waals surface area (Å²) in [5.41, 5.74) is 4.52. The molecule has 0 radical (unpaired) electrons. The monoisotopic (exact) mass is 412 g/mol. The van der Waals surface area contributed by atoms with Gasteiger partial charge in [0.2, 0.25) is 11.8 Å². The van der Waals surface area contributed by atoms with Crippen LogP contribution in [0.5, 0.6) is 0 Å². The third-order valence-electron chi connectivity index (χ3n) is 5.05. The Morgan fingerprint density at radius 3 is 2.06 bits per heavy atom. The second-order valence-corrected chi connectivity index (χ2v) is 7.37. The summed E-state index contributed by atoms with van der Waals surface area (Å²) in [6.45, 7) is 3.30. The Hall–Kier alpha value is -3.93. The van der Waals surface area contributed by atoms with E-state index in [1.165, 1.54) is 5.56 Å². The van der Waals surface area contributed by atoms with Gasteiger partial charge in [0, 0.05) is 42.5 Å². The predicted molar refractivity (Wildman–Crippen MR) is 122 cm³/mol. The van der Waals surface area contributed by atoms with Gasteiger partial charge in [0.15, 0.2) is 0 Å². The zero-order valence-electron chi connectivity index (χ0n) is 17.6. The standard InChI is InChI=1S/C25H24N4O2/c1-18-8-10-20(11-9-18)24-27-28-25(31-24)21-14-12-19(13-15-21)23(30)26-16-17-29(2)22-6-4-3-5-7-22/h3-15H,16-17H2,1-2H3,(H,26,30). The lowest BCUT2D eigenvalue weighted by molar-refractivity contribution is 0.0954. The summed E-state index contributed by atoms with van der Waals surface area (Å²) >= 11 is 0. The molecule has 0 saturated heterocycles. The number of rotatable bonds is 7. The number of para-hydroxylation sites is 1. The first-order valence-electron chi connectivity index (χ1n) is 10.2. The average molecular weight is 412 g/mol. The molecule has 0 unspecified atom stereocenters. The molecule has 0 bridgehead atoms. The number of nitrogens with zero attached hydrogens (tertiary/aromatic N) is 3. The molecule has 6 nitrogen and oxygen atoms in total. The molecule has 0 fully saturated rings. The van der Waals surface area contributed by atoms with Crippen molar-refractivity contribution in [3.8, 4) is 22.9 Å². The number of aryl methyl sites for hydroxylation is 1. The van der Waals surface area contributed by atoms with Crippen molar-refractivity contribution in [2.45, 2.75) is 6.92 Å². The van der Waals surface area contributed by atoms with Gasteiger partial charge in [-0.3, -0.25) is 4.79 Å². The largest absolute Gasteiger partial charge is 0.416 e. The van der Waals surface area contributed by atoms with Gasteiger partial charge >= 0.3 is 0 Å². The van der Waals surface area contributed by atoms with Crippen molar-refractivity contribution in [2.24, 2.45) is 0 Å². The first-order chi connectivity index (χ1) is 15.1. The van der Waals surface area contributed by atoms with Crippen LogP contribution in [0.15, 0.2) is 83.3 Å². The molecular formula is C25H24N4O2. The molecule has 0 saturated carbocycles. The number of likely N-dealkylation sites (N-methyl/N-ethyl adjacent to an activating group) is 1. The van der Waals surface area contributed by atoms with Crippen LogP contribution in [0, 0.1) is 6.92 Å². The van der Waals surface area contributed by atoms with Crippen LogP contribution in [-0.2, 0) is 0 Å². The van der Waals surface area contributed by atoms with Gasteiger partial charge in [-0.05, 0) is 55.5 Å². The van der Waals surface area contributed by atoms with Crippen LogP contribution < -0.4 is 10.2 Å². The van der Waals surface area contributed by atoms with Crippen LogP contribution in [0.3, 0.4) is 0 Å². The van der Waals surface area contributed by atoms with E-state index in [9.17, 15) is 4.79 Å². The van der Waals surface area contributed by atoms with Crippen LogP contribution in [0.1, 0.15) is 15.9 Å². The molecule has 0 aliphatic carbocycles. The Labute approximate surface area is 181 Å². The van der Waals surface area contributed by atoms with Crippen molar-refractivity contribution >= 4 is 11.6 Å². The number of aromatic nitrogens is 2. The fourth-order valence-electron chi connectivity index (χ4n) is 3.17. The SMILES string of the molecule is Cc1ccc(-c2nnc(-c3ccc(C(=O)NCCN(C)c4ccccc4)cc3)o2)cc1. The first-order valence-corrected chi connectivity index (χ1v) is 10.2. The van der Waals surface area contributed by atoms with E-state index in [1.54, 1.807) is 12.1 Å². The van der Waals surface area contributed by atoms with E-state index in [0.717, 1.165) is 23.4 Å². The summed E-state index contributed by atoms with van der Waals surface area (Å²) in [7, 11) is 2.01. The van der Waals surface area contributed by atoms with Crippen molar-refractivity contribution < 1.29 is 9.21 Å². The lowest BCUT2D eigenvalue weighted by atomic mass is 10.1. The van der Waals surface area contributed by atoms with E-state index in [1.807, 2.05) is 80.7 Å². The van der Waals surface area contributed by atoms with E-state index in [4.69, 9.17) is 4.42 Å². The second-order valence-electron chi connectivity index (χ2n) is 7.37. The van der Waals surface area contributed by atoms with Crippen LogP contribution >= 0.6 is 0 Å². The van der Waals surface area contributed by atoms with Crippen molar-refractivity contribution in [2.75, 3.05) is 25.0 Å². The van der Waals surface area contributed by atoms with Gasteiger partial charge in [-0.1, -0.05) is 35.9 Å². The fourth-order valence-corrected chi connectivity index (χ4v) is 3.17. The molecule has 1 heterocycles. The highest BCUT2D eigenvalue weighted by molar-refractivity contribution is 5.94. The Balaban J connectivity index is 1.34. The number of carbonyl (C=O) groups is 1. The van der Waals surface area contributed by atoms with Gasteiger partial charge < -0.3 is 14.6 Å². The highest BCUT2D eigenvalue weighted by atomic mass is 16.4. The van der Waals surface area contributed by atoms with Gasteiger partial charge in [0.05, 0.1) is 0 Å². The molecular weight excluding hydrogens is 388 g/mol. The Morgan fingerprint density at radius 1 is 0.871 bits per heavy atom. The van der Waals surface area contributed by atoms with Crippen LogP contribution in [0.4, 0.5) is 5.69 Å². The molecule has 1 N–H and O–H groups in total. The molecule has 156 valence electrons. The molecule has 6 heteroatoms. The molecule has 1 aromatic heterocycles. The molecule has 0 spiro atoms. The number of benzene rings is 3. The minimum Gasteiger partial charge on any atom is -0.416 e. The number of hydrogen-bond acceptors (Lipinski definition) is 5. The summed E-state index contributed by atoms with van der Waals surface area (Å²) in [6.07, 6.45) is 0. The van der Waals surface area contributed by atoms with Gasteiger partial charge in [-0.15, -0.1) is 10.2 Å². The molecule has 4 aromatic rings.